The molecule has 0 aliphatic carbocycles. The highest BCUT2D eigenvalue weighted by molar-refractivity contribution is 5.99. The first-order valence-electron chi connectivity index (χ1n) is 11.1. The molecule has 12 heteroatoms. The van der Waals surface area contributed by atoms with E-state index in [1.165, 1.54) is 31.3 Å². The molecule has 1 saturated heterocycles. The number of aromatic nitrogens is 3. The minimum absolute atomic E-state index is 0.0183. The Morgan fingerprint density at radius 2 is 1.92 bits per heavy atom. The van der Waals surface area contributed by atoms with E-state index in [4.69, 9.17) is 19.9 Å². The maximum absolute atomic E-state index is 12.9. The standard InChI is InChI=1S/C24H26N6O6/c1-29-12-15(11-27-29)14-8-19(21(25)26-10-14)22(31)28-16-6-7-30(13-16)24(33)36-20-9-17(34-2)4-5-18(20)23(32)35-3/h4-5,8-12,16H,6-7,13H2,1-3H3,(H2,25,26)(H,28,31)/t16-/m1/s1. The number of rotatable bonds is 6. The van der Waals surface area contributed by atoms with Crippen molar-refractivity contribution in [1.29, 1.82) is 0 Å². The molecule has 2 aromatic heterocycles. The number of amides is 2. The SMILES string of the molecule is COC(=O)c1ccc(OC)cc1OC(=O)N1CC[C@@H](NC(=O)c2cc(-c3cnn(C)c3)cnc2N)C1. The lowest BCUT2D eigenvalue weighted by Crippen LogP contribution is -2.39. The van der Waals surface area contributed by atoms with Crippen molar-refractivity contribution in [2.24, 2.45) is 7.05 Å². The predicted molar refractivity (Wildman–Crippen MR) is 129 cm³/mol. The number of nitrogens with one attached hydrogen (secondary N) is 1. The maximum atomic E-state index is 12.9. The topological polar surface area (TPSA) is 151 Å². The fourth-order valence-corrected chi connectivity index (χ4v) is 3.84. The fourth-order valence-electron chi connectivity index (χ4n) is 3.84. The Morgan fingerprint density at radius 3 is 2.61 bits per heavy atom. The van der Waals surface area contributed by atoms with Crippen LogP contribution in [0.4, 0.5) is 10.6 Å². The number of benzene rings is 1. The van der Waals surface area contributed by atoms with Gasteiger partial charge in [-0.2, -0.15) is 5.10 Å². The summed E-state index contributed by atoms with van der Waals surface area (Å²) in [6, 6.07) is 5.79. The number of ether oxygens (including phenoxy) is 3. The quantitative estimate of drug-likeness (QED) is 0.489. The molecule has 36 heavy (non-hydrogen) atoms. The average Bonchev–Trinajstić information content (AvgIpc) is 3.53. The monoisotopic (exact) mass is 494 g/mol. The zero-order valence-corrected chi connectivity index (χ0v) is 20.1. The fraction of sp³-hybridized carbons (Fsp3) is 0.292. The van der Waals surface area contributed by atoms with Crippen molar-refractivity contribution in [3.05, 3.63) is 54.0 Å². The van der Waals surface area contributed by atoms with E-state index >= 15 is 0 Å². The summed E-state index contributed by atoms with van der Waals surface area (Å²) in [4.78, 5) is 43.4. The van der Waals surface area contributed by atoms with Gasteiger partial charge in [0.1, 0.15) is 17.1 Å². The third-order valence-corrected chi connectivity index (χ3v) is 5.77. The lowest BCUT2D eigenvalue weighted by Gasteiger charge is -2.18. The first-order valence-corrected chi connectivity index (χ1v) is 11.1. The number of anilines is 1. The van der Waals surface area contributed by atoms with Crippen LogP contribution in [0.25, 0.3) is 11.1 Å². The van der Waals surface area contributed by atoms with Gasteiger partial charge in [0.2, 0.25) is 0 Å². The van der Waals surface area contributed by atoms with Gasteiger partial charge in [-0.25, -0.2) is 14.6 Å². The second-order valence-electron chi connectivity index (χ2n) is 8.19. The summed E-state index contributed by atoms with van der Waals surface area (Å²) in [6.45, 7) is 0.572. The minimum atomic E-state index is -0.662. The van der Waals surface area contributed by atoms with Gasteiger partial charge in [0, 0.05) is 55.8 Å². The molecular weight excluding hydrogens is 468 g/mol. The molecule has 188 valence electrons. The first kappa shape index (κ1) is 24.5. The third kappa shape index (κ3) is 5.22. The molecule has 3 N–H and O–H groups in total. The Bertz CT molecular complexity index is 1310. The van der Waals surface area contributed by atoms with Crippen LogP contribution in [0.3, 0.4) is 0 Å². The summed E-state index contributed by atoms with van der Waals surface area (Å²) in [5.41, 5.74) is 7.79. The molecule has 1 aliphatic rings. The van der Waals surface area contributed by atoms with Gasteiger partial charge in [0.25, 0.3) is 5.91 Å². The van der Waals surface area contributed by atoms with Crippen molar-refractivity contribution < 1.29 is 28.6 Å². The van der Waals surface area contributed by atoms with Gasteiger partial charge in [-0.15, -0.1) is 0 Å². The number of nitrogens with two attached hydrogens (primary N) is 1. The Morgan fingerprint density at radius 1 is 1.11 bits per heavy atom. The summed E-state index contributed by atoms with van der Waals surface area (Å²) >= 11 is 0. The van der Waals surface area contributed by atoms with E-state index in [1.54, 1.807) is 36.3 Å². The second kappa shape index (κ2) is 10.3. The van der Waals surface area contributed by atoms with E-state index in [0.717, 1.165) is 5.56 Å². The van der Waals surface area contributed by atoms with Crippen LogP contribution in [0.1, 0.15) is 27.1 Å². The number of hydrogen-bond donors (Lipinski definition) is 2. The normalized spacial score (nSPS) is 14.9. The van der Waals surface area contributed by atoms with Crippen LogP contribution >= 0.6 is 0 Å². The van der Waals surface area contributed by atoms with Gasteiger partial charge in [-0.1, -0.05) is 0 Å². The van der Waals surface area contributed by atoms with Gasteiger partial charge >= 0.3 is 12.1 Å². The summed E-state index contributed by atoms with van der Waals surface area (Å²) in [5.74, 6) is -0.511. The molecule has 1 aliphatic heterocycles. The number of nitrogens with zero attached hydrogens (tertiary/aromatic N) is 4. The molecule has 1 fully saturated rings. The van der Waals surface area contributed by atoms with Crippen molar-refractivity contribution >= 4 is 23.8 Å². The predicted octanol–water partition coefficient (Wildman–Crippen LogP) is 1.86. The molecule has 4 rings (SSSR count). The van der Waals surface area contributed by atoms with E-state index < -0.39 is 18.0 Å². The Hall–Kier alpha value is -4.61. The van der Waals surface area contributed by atoms with Gasteiger partial charge in [0.15, 0.2) is 5.75 Å². The van der Waals surface area contributed by atoms with E-state index in [0.29, 0.717) is 24.3 Å². The van der Waals surface area contributed by atoms with E-state index in [9.17, 15) is 14.4 Å². The van der Waals surface area contributed by atoms with E-state index in [1.807, 2.05) is 6.20 Å². The summed E-state index contributed by atoms with van der Waals surface area (Å²) in [6.07, 6.45) is 4.91. The molecule has 2 amide bonds. The maximum Gasteiger partial charge on any atom is 0.415 e. The number of pyridine rings is 1. The Labute approximate surface area is 206 Å². The lowest BCUT2D eigenvalue weighted by molar-refractivity contribution is 0.0596. The molecule has 12 nitrogen and oxygen atoms in total. The number of likely N-dealkylation sites (tertiary alicyclic amines) is 1. The number of esters is 1. The number of carbonyl (C=O) groups is 3. The van der Waals surface area contributed by atoms with Crippen LogP contribution < -0.4 is 20.5 Å². The molecule has 0 saturated carbocycles. The Kier molecular flexibility index (Phi) is 7.04. The van der Waals surface area contributed by atoms with E-state index in [2.05, 4.69) is 15.4 Å². The first-order chi connectivity index (χ1) is 17.3. The van der Waals surface area contributed by atoms with Crippen molar-refractivity contribution in [1.82, 2.24) is 25.0 Å². The molecule has 0 unspecified atom stereocenters. The lowest BCUT2D eigenvalue weighted by atomic mass is 10.1. The molecular formula is C24H26N6O6. The molecule has 3 aromatic rings. The van der Waals surface area contributed by atoms with Gasteiger partial charge < -0.3 is 30.2 Å². The second-order valence-corrected chi connectivity index (χ2v) is 8.19. The van der Waals surface area contributed by atoms with Crippen LogP contribution in [-0.2, 0) is 11.8 Å². The van der Waals surface area contributed by atoms with Crippen molar-refractivity contribution in [2.75, 3.05) is 33.0 Å². The summed E-state index contributed by atoms with van der Waals surface area (Å²) < 4.78 is 17.0. The molecule has 0 spiro atoms. The highest BCUT2D eigenvalue weighted by atomic mass is 16.6. The highest BCUT2D eigenvalue weighted by Gasteiger charge is 2.30. The van der Waals surface area contributed by atoms with Crippen LogP contribution in [0.5, 0.6) is 11.5 Å². The number of methoxy groups -OCH3 is 2. The number of carbonyl (C=O) groups excluding carboxylic acids is 3. The number of nitrogen functional groups attached to an aromatic ring is 1. The zero-order valence-electron chi connectivity index (χ0n) is 20.1. The van der Waals surface area contributed by atoms with E-state index in [-0.39, 0.29) is 35.3 Å². The average molecular weight is 495 g/mol. The zero-order chi connectivity index (χ0) is 25.8. The highest BCUT2D eigenvalue weighted by Crippen LogP contribution is 2.27. The molecule has 3 heterocycles. The molecule has 0 radical (unpaired) electrons. The van der Waals surface area contributed by atoms with Crippen LogP contribution in [0.15, 0.2) is 42.9 Å². The molecule has 0 bridgehead atoms. The van der Waals surface area contributed by atoms with Crippen LogP contribution in [-0.4, -0.2) is 71.0 Å². The van der Waals surface area contributed by atoms with Crippen LogP contribution in [0.2, 0.25) is 0 Å². The third-order valence-electron chi connectivity index (χ3n) is 5.77. The minimum Gasteiger partial charge on any atom is -0.497 e. The number of aryl methyl sites for hydroxylation is 1. The number of hydrogen-bond acceptors (Lipinski definition) is 9. The van der Waals surface area contributed by atoms with Gasteiger partial charge in [0.05, 0.1) is 26.0 Å². The molecule has 1 aromatic carbocycles. The summed E-state index contributed by atoms with van der Waals surface area (Å²) in [7, 11) is 4.49. The van der Waals surface area contributed by atoms with Gasteiger partial charge in [-0.05, 0) is 24.6 Å². The summed E-state index contributed by atoms with van der Waals surface area (Å²) in [5, 5.41) is 7.03. The van der Waals surface area contributed by atoms with Crippen LogP contribution in [0, 0.1) is 0 Å². The van der Waals surface area contributed by atoms with Crippen molar-refractivity contribution in [3.63, 3.8) is 0 Å². The Balaban J connectivity index is 1.41. The molecule has 1 atom stereocenters. The van der Waals surface area contributed by atoms with Crippen molar-refractivity contribution in [3.8, 4) is 22.6 Å². The van der Waals surface area contributed by atoms with Crippen molar-refractivity contribution in [2.45, 2.75) is 12.5 Å². The van der Waals surface area contributed by atoms with Gasteiger partial charge in [-0.3, -0.25) is 9.48 Å². The largest absolute Gasteiger partial charge is 0.497 e. The smallest absolute Gasteiger partial charge is 0.415 e.